The van der Waals surface area contributed by atoms with E-state index in [1.54, 1.807) is 11.3 Å². The lowest BCUT2D eigenvalue weighted by Gasteiger charge is -2.22. The van der Waals surface area contributed by atoms with E-state index in [0.29, 0.717) is 18.0 Å². The third-order valence-electron chi connectivity index (χ3n) is 3.10. The molecule has 1 aromatic heterocycles. The molecule has 1 amide bonds. The second-order valence-corrected chi connectivity index (χ2v) is 5.90. The molecule has 0 radical (unpaired) electrons. The zero-order chi connectivity index (χ0) is 14.4. The number of hydrogen-bond acceptors (Lipinski definition) is 2. The topological polar surface area (TPSA) is 20.3 Å². The highest BCUT2D eigenvalue weighted by molar-refractivity contribution is 7.07. The van der Waals surface area contributed by atoms with Crippen LogP contribution >= 0.6 is 22.9 Å². The fourth-order valence-corrected chi connectivity index (χ4v) is 2.94. The summed E-state index contributed by atoms with van der Waals surface area (Å²) in [6.45, 7) is 3.54. The molecule has 20 heavy (non-hydrogen) atoms. The molecule has 0 atom stereocenters. The number of amides is 1. The Kier molecular flexibility index (Phi) is 5.62. The summed E-state index contributed by atoms with van der Waals surface area (Å²) in [4.78, 5) is 14.4. The normalized spacial score (nSPS) is 10.5. The van der Waals surface area contributed by atoms with E-state index in [0.717, 1.165) is 18.5 Å². The van der Waals surface area contributed by atoms with Crippen LogP contribution in [-0.2, 0) is 17.8 Å². The minimum atomic E-state index is 0.131. The summed E-state index contributed by atoms with van der Waals surface area (Å²) in [5.41, 5.74) is 2.08. The Balaban J connectivity index is 2.05. The van der Waals surface area contributed by atoms with Crippen LogP contribution in [0, 0.1) is 0 Å². The lowest BCUT2D eigenvalue weighted by Crippen LogP contribution is -2.32. The molecule has 0 saturated carbocycles. The number of thiophene rings is 1. The zero-order valence-electron chi connectivity index (χ0n) is 11.5. The van der Waals surface area contributed by atoms with Gasteiger partial charge in [0.1, 0.15) is 0 Å². The van der Waals surface area contributed by atoms with E-state index >= 15 is 0 Å². The van der Waals surface area contributed by atoms with Gasteiger partial charge in [-0.1, -0.05) is 36.7 Å². The van der Waals surface area contributed by atoms with E-state index in [2.05, 4.69) is 18.4 Å². The number of rotatable bonds is 6. The van der Waals surface area contributed by atoms with Gasteiger partial charge in [0.25, 0.3) is 0 Å². The Labute approximate surface area is 129 Å². The van der Waals surface area contributed by atoms with Crippen LogP contribution in [0.3, 0.4) is 0 Å². The molecule has 0 aliphatic rings. The molecule has 2 aromatic rings. The second-order valence-electron chi connectivity index (χ2n) is 4.72. The third-order valence-corrected chi connectivity index (χ3v) is 4.20. The summed E-state index contributed by atoms with van der Waals surface area (Å²) in [7, 11) is 0. The Morgan fingerprint density at radius 3 is 2.75 bits per heavy atom. The maximum absolute atomic E-state index is 12.5. The van der Waals surface area contributed by atoms with Gasteiger partial charge in [-0.2, -0.15) is 11.3 Å². The first-order valence-electron chi connectivity index (χ1n) is 6.73. The molecular formula is C16H18ClNOS. The van der Waals surface area contributed by atoms with Crippen molar-refractivity contribution in [2.24, 2.45) is 0 Å². The minimum absolute atomic E-state index is 0.131. The Morgan fingerprint density at radius 2 is 2.10 bits per heavy atom. The molecule has 0 bridgehead atoms. The number of halogens is 1. The number of nitrogens with zero attached hydrogens (tertiary/aromatic N) is 1. The van der Waals surface area contributed by atoms with E-state index in [1.807, 2.05) is 34.5 Å². The van der Waals surface area contributed by atoms with Gasteiger partial charge in [0.05, 0.1) is 6.42 Å². The number of hydrogen-bond donors (Lipinski definition) is 0. The Morgan fingerprint density at radius 1 is 1.30 bits per heavy atom. The van der Waals surface area contributed by atoms with Crippen LogP contribution in [0.15, 0.2) is 41.1 Å². The average molecular weight is 308 g/mol. The molecule has 0 unspecified atom stereocenters. The van der Waals surface area contributed by atoms with Crippen LogP contribution in [0.1, 0.15) is 24.5 Å². The van der Waals surface area contributed by atoms with Crippen LogP contribution in [0.2, 0.25) is 5.02 Å². The first kappa shape index (κ1) is 15.1. The van der Waals surface area contributed by atoms with Gasteiger partial charge in [-0.25, -0.2) is 0 Å². The van der Waals surface area contributed by atoms with Crippen LogP contribution < -0.4 is 0 Å². The van der Waals surface area contributed by atoms with Gasteiger partial charge in [0.2, 0.25) is 5.91 Å². The van der Waals surface area contributed by atoms with Crippen molar-refractivity contribution in [3.05, 3.63) is 57.2 Å². The van der Waals surface area contributed by atoms with Gasteiger partial charge >= 0.3 is 0 Å². The van der Waals surface area contributed by atoms with E-state index in [9.17, 15) is 4.79 Å². The molecule has 1 heterocycles. The summed E-state index contributed by atoms with van der Waals surface area (Å²) >= 11 is 7.78. The van der Waals surface area contributed by atoms with E-state index < -0.39 is 0 Å². The zero-order valence-corrected chi connectivity index (χ0v) is 13.1. The first-order valence-corrected chi connectivity index (χ1v) is 8.05. The van der Waals surface area contributed by atoms with Gasteiger partial charge in [-0.3, -0.25) is 4.79 Å². The summed E-state index contributed by atoms with van der Waals surface area (Å²) in [6, 6.07) is 9.60. The molecule has 0 spiro atoms. The predicted molar refractivity (Wildman–Crippen MR) is 85.2 cm³/mol. The molecule has 4 heteroatoms. The number of benzene rings is 1. The third kappa shape index (κ3) is 4.09. The smallest absolute Gasteiger partial charge is 0.227 e. The van der Waals surface area contributed by atoms with Crippen molar-refractivity contribution in [3.63, 3.8) is 0 Å². The Bertz CT molecular complexity index is 553. The highest BCUT2D eigenvalue weighted by Gasteiger charge is 2.15. The highest BCUT2D eigenvalue weighted by Crippen LogP contribution is 2.17. The molecule has 0 aliphatic carbocycles. The summed E-state index contributed by atoms with van der Waals surface area (Å²) in [5, 5.41) is 4.79. The maximum atomic E-state index is 12.5. The fourth-order valence-electron chi connectivity index (χ4n) is 2.08. The maximum Gasteiger partial charge on any atom is 0.227 e. The first-order chi connectivity index (χ1) is 9.70. The van der Waals surface area contributed by atoms with Gasteiger partial charge in [-0.05, 0) is 40.4 Å². The van der Waals surface area contributed by atoms with Crippen LogP contribution in [-0.4, -0.2) is 17.4 Å². The lowest BCUT2D eigenvalue weighted by molar-refractivity contribution is -0.131. The summed E-state index contributed by atoms with van der Waals surface area (Å²) < 4.78 is 0. The second kappa shape index (κ2) is 7.46. The fraction of sp³-hybridized carbons (Fsp3) is 0.312. The standard InChI is InChI=1S/C16H18ClNOS/c1-2-8-18(11-13-7-9-20-12-13)16(19)10-14-5-3-4-6-15(14)17/h3-7,9,12H,2,8,10-11H2,1H3. The molecule has 106 valence electrons. The van der Waals surface area contributed by atoms with Gasteiger partial charge in [0, 0.05) is 18.1 Å². The van der Waals surface area contributed by atoms with E-state index in [4.69, 9.17) is 11.6 Å². The van der Waals surface area contributed by atoms with E-state index in [1.165, 1.54) is 5.56 Å². The quantitative estimate of drug-likeness (QED) is 0.775. The van der Waals surface area contributed by atoms with Crippen molar-refractivity contribution in [1.29, 1.82) is 0 Å². The minimum Gasteiger partial charge on any atom is -0.338 e. The van der Waals surface area contributed by atoms with Crippen LogP contribution in [0.5, 0.6) is 0 Å². The monoisotopic (exact) mass is 307 g/mol. The molecule has 0 aliphatic heterocycles. The molecule has 0 fully saturated rings. The SMILES string of the molecule is CCCN(Cc1ccsc1)C(=O)Cc1ccccc1Cl. The molecule has 0 saturated heterocycles. The Hall–Kier alpha value is -1.32. The number of carbonyl (C=O) groups excluding carboxylic acids is 1. The predicted octanol–water partition coefficient (Wildman–Crippen LogP) is 4.38. The molecule has 2 rings (SSSR count). The lowest BCUT2D eigenvalue weighted by atomic mass is 10.1. The van der Waals surface area contributed by atoms with Gasteiger partial charge in [0.15, 0.2) is 0 Å². The largest absolute Gasteiger partial charge is 0.338 e. The molecule has 0 N–H and O–H groups in total. The van der Waals surface area contributed by atoms with Crippen molar-refractivity contribution >= 4 is 28.8 Å². The number of carbonyl (C=O) groups is 1. The summed E-state index contributed by atoms with van der Waals surface area (Å²) in [5.74, 6) is 0.131. The van der Waals surface area contributed by atoms with Gasteiger partial charge in [-0.15, -0.1) is 0 Å². The van der Waals surface area contributed by atoms with Crippen LogP contribution in [0.25, 0.3) is 0 Å². The van der Waals surface area contributed by atoms with Crippen molar-refractivity contribution in [2.45, 2.75) is 26.3 Å². The van der Waals surface area contributed by atoms with Gasteiger partial charge < -0.3 is 4.90 Å². The van der Waals surface area contributed by atoms with E-state index in [-0.39, 0.29) is 5.91 Å². The summed E-state index contributed by atoms with van der Waals surface area (Å²) in [6.07, 6.45) is 1.32. The van der Waals surface area contributed by atoms with Crippen LogP contribution in [0.4, 0.5) is 0 Å². The van der Waals surface area contributed by atoms with Crippen molar-refractivity contribution in [1.82, 2.24) is 4.90 Å². The van der Waals surface area contributed by atoms with Crippen molar-refractivity contribution in [2.75, 3.05) is 6.54 Å². The molecule has 2 nitrogen and oxygen atoms in total. The van der Waals surface area contributed by atoms with Crippen molar-refractivity contribution in [3.8, 4) is 0 Å². The average Bonchev–Trinajstić information content (AvgIpc) is 2.94. The highest BCUT2D eigenvalue weighted by atomic mass is 35.5. The van der Waals surface area contributed by atoms with Crippen molar-refractivity contribution < 1.29 is 4.79 Å². The molecular weight excluding hydrogens is 290 g/mol. The molecule has 1 aromatic carbocycles.